The average molecular weight is 292 g/mol. The molecule has 0 fully saturated rings. The molecule has 0 spiro atoms. The van der Waals surface area contributed by atoms with Gasteiger partial charge in [-0.05, 0) is 30.3 Å². The molecule has 5 heteroatoms. The second-order valence-corrected chi connectivity index (χ2v) is 4.09. The first-order valence-electron chi connectivity index (χ1n) is 6.07. The van der Waals surface area contributed by atoms with Gasteiger partial charge in [0.05, 0.1) is 5.56 Å². The highest BCUT2D eigenvalue weighted by atomic mass is 19.1. The van der Waals surface area contributed by atoms with Crippen LogP contribution in [0.1, 0.15) is 11.1 Å². The van der Waals surface area contributed by atoms with Crippen molar-refractivity contribution >= 4 is 0 Å². The standard InChI is InChI=1S/C16H11F3O2/c17-13-4-1-5-14(18)12(13)10-21-16-9-11(3-2-8-20)6-7-15(16)19/h1,4-7,9,20H,8,10H2. The highest BCUT2D eigenvalue weighted by molar-refractivity contribution is 5.40. The van der Waals surface area contributed by atoms with Crippen LogP contribution in [0, 0.1) is 29.3 Å². The number of hydrogen-bond acceptors (Lipinski definition) is 2. The second kappa shape index (κ2) is 6.82. The molecule has 21 heavy (non-hydrogen) atoms. The molecule has 1 N–H and O–H groups in total. The molecule has 0 aliphatic rings. The molecule has 0 aliphatic carbocycles. The zero-order valence-electron chi connectivity index (χ0n) is 10.9. The lowest BCUT2D eigenvalue weighted by molar-refractivity contribution is 0.278. The Morgan fingerprint density at radius 2 is 1.71 bits per heavy atom. The van der Waals surface area contributed by atoms with Gasteiger partial charge in [0.25, 0.3) is 0 Å². The summed E-state index contributed by atoms with van der Waals surface area (Å²) in [6.07, 6.45) is 0. The van der Waals surface area contributed by atoms with Gasteiger partial charge in [0, 0.05) is 5.56 Å². The van der Waals surface area contributed by atoms with Crippen molar-refractivity contribution in [2.24, 2.45) is 0 Å². The van der Waals surface area contributed by atoms with Gasteiger partial charge in [-0.3, -0.25) is 0 Å². The van der Waals surface area contributed by atoms with Gasteiger partial charge in [-0.25, -0.2) is 13.2 Å². The fourth-order valence-electron chi connectivity index (χ4n) is 1.65. The Hall–Kier alpha value is -2.45. The molecule has 2 aromatic carbocycles. The number of hydrogen-bond donors (Lipinski definition) is 1. The lowest BCUT2D eigenvalue weighted by Crippen LogP contribution is -2.03. The van der Waals surface area contributed by atoms with Crippen molar-refractivity contribution in [3.8, 4) is 17.6 Å². The van der Waals surface area contributed by atoms with Crippen molar-refractivity contribution in [3.63, 3.8) is 0 Å². The SMILES string of the molecule is OCC#Cc1ccc(F)c(OCc2c(F)cccc2F)c1. The van der Waals surface area contributed by atoms with Crippen molar-refractivity contribution in [3.05, 3.63) is 65.0 Å². The molecule has 2 aromatic rings. The predicted molar refractivity (Wildman–Crippen MR) is 71.1 cm³/mol. The largest absolute Gasteiger partial charge is 0.486 e. The Morgan fingerprint density at radius 3 is 2.38 bits per heavy atom. The Kier molecular flexibility index (Phi) is 4.85. The average Bonchev–Trinajstić information content (AvgIpc) is 2.47. The molecule has 0 unspecified atom stereocenters. The summed E-state index contributed by atoms with van der Waals surface area (Å²) in [6.45, 7) is -0.764. The first-order valence-corrected chi connectivity index (χ1v) is 6.07. The molecule has 108 valence electrons. The molecule has 0 bridgehead atoms. The molecular weight excluding hydrogens is 281 g/mol. The van der Waals surface area contributed by atoms with E-state index in [4.69, 9.17) is 9.84 Å². The molecular formula is C16H11F3O2. The number of ether oxygens (including phenoxy) is 1. The maximum atomic E-state index is 13.6. The monoisotopic (exact) mass is 292 g/mol. The van der Waals surface area contributed by atoms with Crippen LogP contribution in [0.15, 0.2) is 36.4 Å². The highest BCUT2D eigenvalue weighted by Gasteiger charge is 2.11. The van der Waals surface area contributed by atoms with Crippen molar-refractivity contribution < 1.29 is 23.0 Å². The fourth-order valence-corrected chi connectivity index (χ4v) is 1.65. The summed E-state index contributed by atoms with van der Waals surface area (Å²) in [4.78, 5) is 0. The van der Waals surface area contributed by atoms with Crippen molar-refractivity contribution in [2.75, 3.05) is 6.61 Å². The van der Waals surface area contributed by atoms with Crippen molar-refractivity contribution in [2.45, 2.75) is 6.61 Å². The molecule has 0 radical (unpaired) electrons. The van der Waals surface area contributed by atoms with E-state index in [9.17, 15) is 13.2 Å². The van der Waals surface area contributed by atoms with Crippen molar-refractivity contribution in [1.29, 1.82) is 0 Å². The molecule has 0 saturated carbocycles. The molecule has 0 saturated heterocycles. The summed E-state index contributed by atoms with van der Waals surface area (Å²) in [5.74, 6) is 2.65. The first-order chi connectivity index (χ1) is 10.1. The van der Waals surface area contributed by atoms with E-state index in [1.54, 1.807) is 0 Å². The highest BCUT2D eigenvalue weighted by Crippen LogP contribution is 2.21. The first kappa shape index (κ1) is 14.9. The number of halogens is 3. The number of aliphatic hydroxyl groups is 1. The smallest absolute Gasteiger partial charge is 0.165 e. The van der Waals surface area contributed by atoms with E-state index in [0.29, 0.717) is 5.56 Å². The second-order valence-electron chi connectivity index (χ2n) is 4.09. The summed E-state index contributed by atoms with van der Waals surface area (Å²) < 4.78 is 45.6. The van der Waals surface area contributed by atoms with Crippen LogP contribution in [0.4, 0.5) is 13.2 Å². The maximum Gasteiger partial charge on any atom is 0.165 e. The van der Waals surface area contributed by atoms with Gasteiger partial charge in [-0.1, -0.05) is 17.9 Å². The molecule has 0 aromatic heterocycles. The third-order valence-corrected chi connectivity index (χ3v) is 2.68. The summed E-state index contributed by atoms with van der Waals surface area (Å²) in [5.41, 5.74) is 0.151. The van der Waals surface area contributed by atoms with Gasteiger partial charge in [-0.2, -0.15) is 0 Å². The van der Waals surface area contributed by atoms with E-state index in [1.807, 2.05) is 0 Å². The van der Waals surface area contributed by atoms with Crippen LogP contribution in [0.25, 0.3) is 0 Å². The fraction of sp³-hybridized carbons (Fsp3) is 0.125. The van der Waals surface area contributed by atoms with Gasteiger partial charge < -0.3 is 9.84 Å². The van der Waals surface area contributed by atoms with Crippen molar-refractivity contribution in [1.82, 2.24) is 0 Å². The number of benzene rings is 2. The van der Waals surface area contributed by atoms with E-state index in [2.05, 4.69) is 11.8 Å². The minimum atomic E-state index is -0.758. The summed E-state index contributed by atoms with van der Waals surface area (Å²) in [5, 5.41) is 8.60. The number of aliphatic hydroxyl groups excluding tert-OH is 1. The van der Waals surface area contributed by atoms with Crippen LogP contribution < -0.4 is 4.74 Å². The Labute approximate surface area is 119 Å². The molecule has 2 rings (SSSR count). The normalized spacial score (nSPS) is 9.90. The minimum Gasteiger partial charge on any atom is -0.486 e. The van der Waals surface area contributed by atoms with Gasteiger partial charge in [0.15, 0.2) is 11.6 Å². The molecule has 2 nitrogen and oxygen atoms in total. The van der Waals surface area contributed by atoms with Gasteiger partial charge in [0.1, 0.15) is 24.8 Å². The Bertz CT molecular complexity index is 682. The Balaban J connectivity index is 2.20. The zero-order chi connectivity index (χ0) is 15.2. The lowest BCUT2D eigenvalue weighted by atomic mass is 10.2. The van der Waals surface area contributed by atoms with E-state index >= 15 is 0 Å². The maximum absolute atomic E-state index is 13.6. The van der Waals surface area contributed by atoms with Crippen LogP contribution in [-0.2, 0) is 6.61 Å². The third kappa shape index (κ3) is 3.77. The van der Waals surface area contributed by atoms with Gasteiger partial charge in [0.2, 0.25) is 0 Å². The van der Waals surface area contributed by atoms with E-state index in [0.717, 1.165) is 18.2 Å². The molecule has 0 amide bonds. The summed E-state index contributed by atoms with van der Waals surface area (Å²) >= 11 is 0. The van der Waals surface area contributed by atoms with Crippen LogP contribution in [0.2, 0.25) is 0 Å². The topological polar surface area (TPSA) is 29.5 Å². The number of rotatable bonds is 3. The van der Waals surface area contributed by atoms with Gasteiger partial charge in [-0.15, -0.1) is 0 Å². The summed E-state index contributed by atoms with van der Waals surface area (Å²) in [7, 11) is 0. The summed E-state index contributed by atoms with van der Waals surface area (Å²) in [6, 6.07) is 7.28. The lowest BCUT2D eigenvalue weighted by Gasteiger charge is -2.09. The van der Waals surface area contributed by atoms with Crippen LogP contribution in [0.5, 0.6) is 5.75 Å². The van der Waals surface area contributed by atoms with E-state index in [1.165, 1.54) is 18.2 Å². The van der Waals surface area contributed by atoms with Gasteiger partial charge >= 0.3 is 0 Å². The quantitative estimate of drug-likeness (QED) is 0.881. The molecule has 0 atom stereocenters. The van der Waals surface area contributed by atoms with Crippen LogP contribution in [0.3, 0.4) is 0 Å². The van der Waals surface area contributed by atoms with Crippen LogP contribution >= 0.6 is 0 Å². The predicted octanol–water partition coefficient (Wildman–Crippen LogP) is 3.03. The Morgan fingerprint density at radius 1 is 1.00 bits per heavy atom. The van der Waals surface area contributed by atoms with Crippen LogP contribution in [-0.4, -0.2) is 11.7 Å². The molecule has 0 heterocycles. The third-order valence-electron chi connectivity index (χ3n) is 2.68. The minimum absolute atomic E-state index is 0.164. The molecule has 0 aliphatic heterocycles. The van der Waals surface area contributed by atoms with E-state index in [-0.39, 0.29) is 17.9 Å². The van der Waals surface area contributed by atoms with E-state index < -0.39 is 24.1 Å². The zero-order valence-corrected chi connectivity index (χ0v) is 10.9.